The molecule has 0 fully saturated rings. The molecule has 1 rings (SSSR count). The van der Waals surface area contributed by atoms with Crippen LogP contribution >= 0.6 is 0 Å². The summed E-state index contributed by atoms with van der Waals surface area (Å²) in [5.74, 6) is 0.300. The zero-order valence-electron chi connectivity index (χ0n) is 8.20. The molecular weight excluding hydrogens is 166 g/mol. The molecule has 3 heteroatoms. The van der Waals surface area contributed by atoms with Crippen molar-refractivity contribution >= 4 is 0 Å². The highest BCUT2D eigenvalue weighted by atomic mass is 16.3. The molecule has 0 unspecified atom stereocenters. The smallest absolute Gasteiger partial charge is 0.122 e. The largest absolute Gasteiger partial charge is 0.508 e. The Labute approximate surface area is 78.2 Å². The molecule has 0 amide bonds. The number of aromatic hydroxyl groups is 2. The van der Waals surface area contributed by atoms with E-state index in [1.165, 1.54) is 0 Å². The highest BCUT2D eigenvalue weighted by Crippen LogP contribution is 2.27. The molecule has 0 bridgehead atoms. The van der Waals surface area contributed by atoms with E-state index in [0.717, 1.165) is 5.56 Å². The molecule has 0 atom stereocenters. The van der Waals surface area contributed by atoms with E-state index in [1.54, 1.807) is 19.1 Å². The van der Waals surface area contributed by atoms with Crippen molar-refractivity contribution in [3.05, 3.63) is 23.3 Å². The second-order valence-electron chi connectivity index (χ2n) is 3.50. The molecule has 1 aromatic carbocycles. The van der Waals surface area contributed by atoms with Crippen LogP contribution < -0.4 is 0 Å². The maximum atomic E-state index is 9.42. The Morgan fingerprint density at radius 2 is 1.62 bits per heavy atom. The van der Waals surface area contributed by atoms with Gasteiger partial charge in [-0.25, -0.2) is 0 Å². The van der Waals surface area contributed by atoms with Crippen molar-refractivity contribution in [3.8, 4) is 11.5 Å². The van der Waals surface area contributed by atoms with E-state index in [-0.39, 0.29) is 11.5 Å². The van der Waals surface area contributed by atoms with E-state index in [2.05, 4.69) is 0 Å². The van der Waals surface area contributed by atoms with Gasteiger partial charge in [0.15, 0.2) is 0 Å². The van der Waals surface area contributed by atoms with E-state index in [0.29, 0.717) is 12.1 Å². The van der Waals surface area contributed by atoms with Gasteiger partial charge in [-0.1, -0.05) is 0 Å². The molecule has 2 N–H and O–H groups in total. The monoisotopic (exact) mass is 181 g/mol. The van der Waals surface area contributed by atoms with Crippen LogP contribution in [0.15, 0.2) is 12.1 Å². The fraction of sp³-hybridized carbons (Fsp3) is 0.400. The number of phenolic OH excluding ortho intramolecular Hbond substituents is 2. The first-order valence-electron chi connectivity index (χ1n) is 4.17. The molecule has 0 aliphatic rings. The molecular formula is C10H15NO2. The minimum absolute atomic E-state index is 0.150. The van der Waals surface area contributed by atoms with E-state index in [1.807, 2.05) is 19.0 Å². The second-order valence-corrected chi connectivity index (χ2v) is 3.50. The van der Waals surface area contributed by atoms with Crippen LogP contribution in [-0.4, -0.2) is 29.2 Å². The Bertz CT molecular complexity index is 285. The molecule has 0 radical (unpaired) electrons. The predicted octanol–water partition coefficient (Wildman–Crippen LogP) is 1.47. The summed E-state index contributed by atoms with van der Waals surface area (Å²) in [6, 6.07) is 3.35. The first-order valence-corrected chi connectivity index (χ1v) is 4.17. The predicted molar refractivity (Wildman–Crippen MR) is 51.9 cm³/mol. The zero-order chi connectivity index (χ0) is 10.0. The summed E-state index contributed by atoms with van der Waals surface area (Å²) in [7, 11) is 3.88. The van der Waals surface area contributed by atoms with E-state index >= 15 is 0 Å². The summed E-state index contributed by atoms with van der Waals surface area (Å²) >= 11 is 0. The lowest BCUT2D eigenvalue weighted by Gasteiger charge is -2.11. The third-order valence-corrected chi connectivity index (χ3v) is 1.91. The van der Waals surface area contributed by atoms with E-state index in [4.69, 9.17) is 0 Å². The van der Waals surface area contributed by atoms with Gasteiger partial charge in [-0.05, 0) is 38.7 Å². The highest BCUT2D eigenvalue weighted by molar-refractivity contribution is 5.45. The third kappa shape index (κ3) is 2.36. The summed E-state index contributed by atoms with van der Waals surface area (Å²) in [5.41, 5.74) is 1.44. The maximum absolute atomic E-state index is 9.42. The molecule has 0 saturated carbocycles. The lowest BCUT2D eigenvalue weighted by molar-refractivity contribution is 0.396. The summed E-state index contributed by atoms with van der Waals surface area (Å²) in [6.45, 7) is 2.39. The highest BCUT2D eigenvalue weighted by Gasteiger charge is 2.05. The molecule has 72 valence electrons. The fourth-order valence-electron chi connectivity index (χ4n) is 1.20. The van der Waals surface area contributed by atoms with Gasteiger partial charge < -0.3 is 15.1 Å². The Hall–Kier alpha value is -1.22. The maximum Gasteiger partial charge on any atom is 0.122 e. The van der Waals surface area contributed by atoms with Gasteiger partial charge in [0, 0.05) is 12.1 Å². The van der Waals surface area contributed by atoms with E-state index in [9.17, 15) is 10.2 Å². The Morgan fingerprint density at radius 3 is 2.00 bits per heavy atom. The van der Waals surface area contributed by atoms with Crippen LogP contribution in [0.2, 0.25) is 0 Å². The number of rotatable bonds is 2. The molecule has 1 aromatic rings. The number of hydrogen-bond acceptors (Lipinski definition) is 3. The lowest BCUT2D eigenvalue weighted by Crippen LogP contribution is -2.10. The normalized spacial score (nSPS) is 10.8. The van der Waals surface area contributed by atoms with Crippen molar-refractivity contribution in [2.75, 3.05) is 14.1 Å². The van der Waals surface area contributed by atoms with E-state index < -0.39 is 0 Å². The average Bonchev–Trinajstić information content (AvgIpc) is 1.98. The van der Waals surface area contributed by atoms with Gasteiger partial charge >= 0.3 is 0 Å². The molecule has 0 saturated heterocycles. The summed E-state index contributed by atoms with van der Waals surface area (Å²) < 4.78 is 0. The van der Waals surface area contributed by atoms with Crippen LogP contribution in [-0.2, 0) is 6.54 Å². The van der Waals surface area contributed by atoms with Crippen molar-refractivity contribution in [2.45, 2.75) is 13.5 Å². The molecule has 13 heavy (non-hydrogen) atoms. The molecule has 0 aromatic heterocycles. The van der Waals surface area contributed by atoms with Crippen LogP contribution in [0.1, 0.15) is 11.1 Å². The number of phenols is 2. The summed E-state index contributed by atoms with van der Waals surface area (Å²) in [4.78, 5) is 1.98. The van der Waals surface area contributed by atoms with Crippen LogP contribution in [0, 0.1) is 6.92 Å². The van der Waals surface area contributed by atoms with Crippen molar-refractivity contribution in [1.29, 1.82) is 0 Å². The first kappa shape index (κ1) is 9.86. The van der Waals surface area contributed by atoms with Crippen molar-refractivity contribution in [2.24, 2.45) is 0 Å². The van der Waals surface area contributed by atoms with Crippen molar-refractivity contribution in [3.63, 3.8) is 0 Å². The molecule has 3 nitrogen and oxygen atoms in total. The number of hydrogen-bond donors (Lipinski definition) is 2. The van der Waals surface area contributed by atoms with Crippen LogP contribution in [0.4, 0.5) is 0 Å². The van der Waals surface area contributed by atoms with Gasteiger partial charge in [0.05, 0.1) is 0 Å². The molecule has 0 aliphatic carbocycles. The molecule has 0 aliphatic heterocycles. The van der Waals surface area contributed by atoms with Crippen LogP contribution in [0.25, 0.3) is 0 Å². The van der Waals surface area contributed by atoms with Gasteiger partial charge in [-0.2, -0.15) is 0 Å². The third-order valence-electron chi connectivity index (χ3n) is 1.91. The van der Waals surface area contributed by atoms with Crippen molar-refractivity contribution in [1.82, 2.24) is 4.90 Å². The SMILES string of the molecule is Cc1c(O)cc(CN(C)C)cc1O. The quantitative estimate of drug-likeness (QED) is 0.726. The van der Waals surface area contributed by atoms with Crippen molar-refractivity contribution < 1.29 is 10.2 Å². The summed E-state index contributed by atoms with van der Waals surface area (Å²) in [5, 5.41) is 18.8. The molecule has 0 heterocycles. The first-order chi connectivity index (χ1) is 6.00. The number of nitrogens with zero attached hydrogens (tertiary/aromatic N) is 1. The Balaban J connectivity index is 2.99. The topological polar surface area (TPSA) is 43.7 Å². The van der Waals surface area contributed by atoms with Gasteiger partial charge in [0.1, 0.15) is 11.5 Å². The van der Waals surface area contributed by atoms with Gasteiger partial charge in [0.2, 0.25) is 0 Å². The van der Waals surface area contributed by atoms with Crippen LogP contribution in [0.3, 0.4) is 0 Å². The van der Waals surface area contributed by atoms with Crippen LogP contribution in [0.5, 0.6) is 11.5 Å². The standard InChI is InChI=1S/C10H15NO2/c1-7-9(12)4-8(5-10(7)13)6-11(2)3/h4-5,12-13H,6H2,1-3H3. The second kappa shape index (κ2) is 3.66. The van der Waals surface area contributed by atoms with Gasteiger partial charge in [-0.15, -0.1) is 0 Å². The average molecular weight is 181 g/mol. The lowest BCUT2D eigenvalue weighted by atomic mass is 10.1. The Morgan fingerprint density at radius 1 is 1.15 bits per heavy atom. The fourth-order valence-corrected chi connectivity index (χ4v) is 1.20. The number of benzene rings is 1. The minimum Gasteiger partial charge on any atom is -0.508 e. The van der Waals surface area contributed by atoms with Gasteiger partial charge in [0.25, 0.3) is 0 Å². The zero-order valence-corrected chi connectivity index (χ0v) is 8.20. The summed E-state index contributed by atoms with van der Waals surface area (Å²) in [6.07, 6.45) is 0. The molecule has 0 spiro atoms. The minimum atomic E-state index is 0.150. The van der Waals surface area contributed by atoms with Gasteiger partial charge in [-0.3, -0.25) is 0 Å². The Kier molecular flexibility index (Phi) is 2.78.